The fraction of sp³-hybridized carbons (Fsp3) is 1.00. The van der Waals surface area contributed by atoms with Crippen LogP contribution in [0.15, 0.2) is 0 Å². The number of hydrogen-bond donors (Lipinski definition) is 1. The van der Waals surface area contributed by atoms with E-state index in [1.807, 2.05) is 0 Å². The quantitative estimate of drug-likeness (QED) is 0.703. The van der Waals surface area contributed by atoms with E-state index in [0.29, 0.717) is 12.8 Å². The van der Waals surface area contributed by atoms with Crippen LogP contribution in [0.1, 0.15) is 25.7 Å². The third-order valence-corrected chi connectivity index (χ3v) is 4.05. The molecule has 0 atom stereocenters. The second-order valence-electron chi connectivity index (χ2n) is 3.74. The van der Waals surface area contributed by atoms with Crippen LogP contribution >= 0.6 is 0 Å². The van der Waals surface area contributed by atoms with Gasteiger partial charge in [0, 0.05) is 13.1 Å². The molecule has 0 bridgehead atoms. The molecule has 0 aromatic carbocycles. The Morgan fingerprint density at radius 1 is 1.23 bits per heavy atom. The van der Waals surface area contributed by atoms with Crippen LogP contribution in [0.2, 0.25) is 0 Å². The Balaban J connectivity index is 2.55. The molecule has 78 valence electrons. The molecule has 0 aromatic rings. The van der Waals surface area contributed by atoms with Gasteiger partial charge in [-0.2, -0.15) is 0 Å². The fourth-order valence-corrected chi connectivity index (χ4v) is 2.45. The number of rotatable bonds is 2. The first-order valence-electron chi connectivity index (χ1n) is 4.52. The normalized spacial score (nSPS) is 30.8. The van der Waals surface area contributed by atoms with Gasteiger partial charge in [0.25, 0.3) is 0 Å². The molecule has 0 saturated heterocycles. The SMILES string of the molecule is CN([C@H]1CC[C@H](O)CC1)S(C)(=O)=O. The summed E-state index contributed by atoms with van der Waals surface area (Å²) in [6, 6.07) is 0.0819. The Bertz CT molecular complexity index is 255. The number of hydrogen-bond acceptors (Lipinski definition) is 3. The molecule has 0 aliphatic heterocycles. The summed E-state index contributed by atoms with van der Waals surface area (Å²) >= 11 is 0. The smallest absolute Gasteiger partial charge is 0.211 e. The zero-order valence-electron chi connectivity index (χ0n) is 8.10. The highest BCUT2D eigenvalue weighted by atomic mass is 32.2. The predicted molar refractivity (Wildman–Crippen MR) is 50.9 cm³/mol. The zero-order chi connectivity index (χ0) is 10.1. The minimum Gasteiger partial charge on any atom is -0.393 e. The Hall–Kier alpha value is -0.130. The summed E-state index contributed by atoms with van der Waals surface area (Å²) in [5, 5.41) is 9.24. The van der Waals surface area contributed by atoms with Crippen molar-refractivity contribution < 1.29 is 13.5 Å². The van der Waals surface area contributed by atoms with Gasteiger partial charge in [-0.15, -0.1) is 0 Å². The summed E-state index contributed by atoms with van der Waals surface area (Å²) in [5.74, 6) is 0. The van der Waals surface area contributed by atoms with Gasteiger partial charge in [-0.25, -0.2) is 12.7 Å². The summed E-state index contributed by atoms with van der Waals surface area (Å²) in [7, 11) is -1.46. The van der Waals surface area contributed by atoms with Gasteiger partial charge < -0.3 is 5.11 Å². The molecule has 0 aromatic heterocycles. The van der Waals surface area contributed by atoms with E-state index < -0.39 is 10.0 Å². The molecule has 0 unspecified atom stereocenters. The molecule has 1 N–H and O–H groups in total. The number of sulfonamides is 1. The number of nitrogens with zero attached hydrogens (tertiary/aromatic N) is 1. The molecule has 1 aliphatic carbocycles. The first-order valence-corrected chi connectivity index (χ1v) is 6.37. The van der Waals surface area contributed by atoms with Crippen LogP contribution in [0.25, 0.3) is 0 Å². The van der Waals surface area contributed by atoms with Crippen molar-refractivity contribution in [1.29, 1.82) is 0 Å². The van der Waals surface area contributed by atoms with E-state index in [9.17, 15) is 13.5 Å². The third-order valence-electron chi connectivity index (χ3n) is 2.70. The van der Waals surface area contributed by atoms with Crippen LogP contribution < -0.4 is 0 Å². The molecule has 0 spiro atoms. The number of aliphatic hydroxyl groups excluding tert-OH is 1. The van der Waals surface area contributed by atoms with E-state index in [0.717, 1.165) is 12.8 Å². The molecule has 0 heterocycles. The molecule has 4 nitrogen and oxygen atoms in total. The summed E-state index contributed by atoms with van der Waals surface area (Å²) in [5.41, 5.74) is 0. The van der Waals surface area contributed by atoms with E-state index >= 15 is 0 Å². The van der Waals surface area contributed by atoms with Gasteiger partial charge in [0.05, 0.1) is 12.4 Å². The monoisotopic (exact) mass is 207 g/mol. The molecule has 1 saturated carbocycles. The second kappa shape index (κ2) is 3.94. The van der Waals surface area contributed by atoms with Crippen LogP contribution in [0.3, 0.4) is 0 Å². The van der Waals surface area contributed by atoms with Crippen LogP contribution in [0, 0.1) is 0 Å². The maximum atomic E-state index is 11.2. The van der Waals surface area contributed by atoms with Gasteiger partial charge in [0.1, 0.15) is 0 Å². The van der Waals surface area contributed by atoms with Crippen LogP contribution in [-0.2, 0) is 10.0 Å². The number of aliphatic hydroxyl groups is 1. The maximum absolute atomic E-state index is 11.2. The topological polar surface area (TPSA) is 57.6 Å². The average molecular weight is 207 g/mol. The van der Waals surface area contributed by atoms with Crippen molar-refractivity contribution >= 4 is 10.0 Å². The van der Waals surface area contributed by atoms with Crippen molar-refractivity contribution in [2.45, 2.75) is 37.8 Å². The Kier molecular flexibility index (Phi) is 3.32. The Morgan fingerprint density at radius 3 is 2.08 bits per heavy atom. The minimum atomic E-state index is -3.07. The van der Waals surface area contributed by atoms with Gasteiger partial charge in [0.15, 0.2) is 0 Å². The van der Waals surface area contributed by atoms with E-state index in [1.54, 1.807) is 7.05 Å². The summed E-state index contributed by atoms with van der Waals surface area (Å²) < 4.78 is 23.8. The first-order chi connectivity index (χ1) is 5.91. The average Bonchev–Trinajstić information content (AvgIpc) is 2.03. The first kappa shape index (κ1) is 10.9. The summed E-state index contributed by atoms with van der Waals surface area (Å²) in [4.78, 5) is 0. The van der Waals surface area contributed by atoms with E-state index in [1.165, 1.54) is 10.6 Å². The van der Waals surface area contributed by atoms with Crippen molar-refractivity contribution in [3.8, 4) is 0 Å². The van der Waals surface area contributed by atoms with Gasteiger partial charge in [0.2, 0.25) is 10.0 Å². The molecule has 1 fully saturated rings. The lowest BCUT2D eigenvalue weighted by Crippen LogP contribution is -2.39. The van der Waals surface area contributed by atoms with Crippen molar-refractivity contribution in [2.24, 2.45) is 0 Å². The highest BCUT2D eigenvalue weighted by molar-refractivity contribution is 7.88. The van der Waals surface area contributed by atoms with Crippen molar-refractivity contribution in [1.82, 2.24) is 4.31 Å². The van der Waals surface area contributed by atoms with Crippen molar-refractivity contribution in [3.05, 3.63) is 0 Å². The molecule has 13 heavy (non-hydrogen) atoms. The lowest BCUT2D eigenvalue weighted by atomic mass is 9.93. The molecule has 1 rings (SSSR count). The second-order valence-corrected chi connectivity index (χ2v) is 5.78. The molecule has 0 radical (unpaired) electrons. The predicted octanol–water partition coefficient (Wildman–Crippen LogP) is 0.181. The third kappa shape index (κ3) is 2.93. The van der Waals surface area contributed by atoms with Gasteiger partial charge in [-0.05, 0) is 25.7 Å². The Labute approximate surface area is 79.6 Å². The molecule has 1 aliphatic rings. The highest BCUT2D eigenvalue weighted by Gasteiger charge is 2.26. The van der Waals surface area contributed by atoms with E-state index in [4.69, 9.17) is 0 Å². The zero-order valence-corrected chi connectivity index (χ0v) is 8.92. The fourth-order valence-electron chi connectivity index (χ4n) is 1.69. The largest absolute Gasteiger partial charge is 0.393 e. The highest BCUT2D eigenvalue weighted by Crippen LogP contribution is 2.23. The van der Waals surface area contributed by atoms with Crippen LogP contribution in [0.4, 0.5) is 0 Å². The van der Waals surface area contributed by atoms with E-state index in [-0.39, 0.29) is 12.1 Å². The molecular formula is C8H17NO3S. The standard InChI is InChI=1S/C8H17NO3S/c1-9(13(2,11)12)7-3-5-8(10)6-4-7/h7-8,10H,3-6H2,1-2H3/t7-,8-. The van der Waals surface area contributed by atoms with Gasteiger partial charge in [-0.1, -0.05) is 0 Å². The van der Waals surface area contributed by atoms with Crippen molar-refractivity contribution in [2.75, 3.05) is 13.3 Å². The minimum absolute atomic E-state index is 0.0819. The van der Waals surface area contributed by atoms with E-state index in [2.05, 4.69) is 0 Å². The molecule has 0 amide bonds. The Morgan fingerprint density at radius 2 is 1.69 bits per heavy atom. The lowest BCUT2D eigenvalue weighted by Gasteiger charge is -2.31. The van der Waals surface area contributed by atoms with Crippen LogP contribution in [-0.4, -0.2) is 43.3 Å². The molecule has 5 heteroatoms. The maximum Gasteiger partial charge on any atom is 0.211 e. The van der Waals surface area contributed by atoms with Crippen molar-refractivity contribution in [3.63, 3.8) is 0 Å². The van der Waals surface area contributed by atoms with Gasteiger partial charge in [-0.3, -0.25) is 0 Å². The molecular weight excluding hydrogens is 190 g/mol. The van der Waals surface area contributed by atoms with Gasteiger partial charge >= 0.3 is 0 Å². The summed E-state index contributed by atoms with van der Waals surface area (Å²) in [6.45, 7) is 0. The van der Waals surface area contributed by atoms with Crippen LogP contribution in [0.5, 0.6) is 0 Å². The lowest BCUT2D eigenvalue weighted by molar-refractivity contribution is 0.104. The summed E-state index contributed by atoms with van der Waals surface area (Å²) in [6.07, 6.45) is 3.95.